The first-order valence-electron chi connectivity index (χ1n) is 4.96. The van der Waals surface area contributed by atoms with Crippen LogP contribution in [0.5, 0.6) is 0 Å². The van der Waals surface area contributed by atoms with Gasteiger partial charge in [0.05, 0.1) is 11.4 Å². The summed E-state index contributed by atoms with van der Waals surface area (Å²) in [7, 11) is 0. The van der Waals surface area contributed by atoms with E-state index in [1.54, 1.807) is 0 Å². The second-order valence-electron chi connectivity index (χ2n) is 3.80. The van der Waals surface area contributed by atoms with Gasteiger partial charge in [0.1, 0.15) is 11.6 Å². The number of carbonyl (C=O) groups excluding carboxylic acids is 1. The molecule has 16 heavy (non-hydrogen) atoms. The number of benzene rings is 1. The van der Waals surface area contributed by atoms with Crippen LogP contribution in [-0.4, -0.2) is 11.9 Å². The highest BCUT2D eigenvalue weighted by atomic mass is 35.5. The lowest BCUT2D eigenvalue weighted by Gasteiger charge is -2.07. The predicted molar refractivity (Wildman–Crippen MR) is 56.4 cm³/mol. The number of carbonyl (C=O) groups is 1. The molecule has 1 aromatic rings. The molecule has 0 aromatic heterocycles. The van der Waals surface area contributed by atoms with Crippen LogP contribution in [0, 0.1) is 11.6 Å². The number of alkyl halides is 1. The fourth-order valence-corrected chi connectivity index (χ4v) is 1.57. The molecule has 0 spiro atoms. The van der Waals surface area contributed by atoms with E-state index in [-0.39, 0.29) is 23.0 Å². The Kier molecular flexibility index (Phi) is 3.10. The standard InChI is InChI=1S/C11H10ClF2NO/c12-5-6-3-8(10(14)4-9(6)13)11(16)15-7-1-2-7/h3-4,7H,1-2,5H2,(H,15,16). The van der Waals surface area contributed by atoms with Gasteiger partial charge in [0.2, 0.25) is 0 Å². The monoisotopic (exact) mass is 245 g/mol. The van der Waals surface area contributed by atoms with Crippen molar-refractivity contribution in [3.63, 3.8) is 0 Å². The molecular formula is C11H10ClF2NO. The molecule has 1 aliphatic rings. The molecule has 2 rings (SSSR count). The van der Waals surface area contributed by atoms with Crippen LogP contribution in [0.15, 0.2) is 12.1 Å². The van der Waals surface area contributed by atoms with Crippen molar-refractivity contribution in [2.45, 2.75) is 24.8 Å². The molecule has 1 fully saturated rings. The van der Waals surface area contributed by atoms with E-state index < -0.39 is 17.5 Å². The van der Waals surface area contributed by atoms with Gasteiger partial charge in [0, 0.05) is 17.7 Å². The summed E-state index contributed by atoms with van der Waals surface area (Å²) >= 11 is 5.49. The van der Waals surface area contributed by atoms with Gasteiger partial charge in [-0.2, -0.15) is 0 Å². The largest absolute Gasteiger partial charge is 0.349 e. The van der Waals surface area contributed by atoms with E-state index in [1.807, 2.05) is 0 Å². The number of hydrogen-bond donors (Lipinski definition) is 1. The summed E-state index contributed by atoms with van der Waals surface area (Å²) in [5.74, 6) is -2.18. The third kappa shape index (κ3) is 2.32. The first kappa shape index (κ1) is 11.3. The molecule has 0 heterocycles. The van der Waals surface area contributed by atoms with Crippen LogP contribution in [-0.2, 0) is 5.88 Å². The summed E-state index contributed by atoms with van der Waals surface area (Å²) in [6.07, 6.45) is 1.83. The first-order chi connectivity index (χ1) is 7.61. The van der Waals surface area contributed by atoms with Crippen LogP contribution in [0.25, 0.3) is 0 Å². The number of rotatable bonds is 3. The van der Waals surface area contributed by atoms with Gasteiger partial charge >= 0.3 is 0 Å². The highest BCUT2D eigenvalue weighted by molar-refractivity contribution is 6.17. The van der Waals surface area contributed by atoms with Gasteiger partial charge in [0.15, 0.2) is 0 Å². The van der Waals surface area contributed by atoms with Gasteiger partial charge in [-0.05, 0) is 18.9 Å². The molecule has 1 aliphatic carbocycles. The van der Waals surface area contributed by atoms with Crippen LogP contribution >= 0.6 is 11.6 Å². The normalized spacial score (nSPS) is 14.9. The zero-order valence-electron chi connectivity index (χ0n) is 8.40. The van der Waals surface area contributed by atoms with E-state index in [9.17, 15) is 13.6 Å². The van der Waals surface area contributed by atoms with Gasteiger partial charge in [-0.3, -0.25) is 4.79 Å². The summed E-state index contributed by atoms with van der Waals surface area (Å²) in [5.41, 5.74) is -0.0204. The van der Waals surface area contributed by atoms with Gasteiger partial charge in [-0.15, -0.1) is 11.6 Å². The minimum absolute atomic E-state index is 0.0875. The molecule has 0 unspecified atom stereocenters. The summed E-state index contributed by atoms with van der Waals surface area (Å²) in [4.78, 5) is 11.6. The molecule has 1 N–H and O–H groups in total. The van der Waals surface area contributed by atoms with Crippen LogP contribution < -0.4 is 5.32 Å². The predicted octanol–water partition coefficient (Wildman–Crippen LogP) is 2.60. The van der Waals surface area contributed by atoms with Crippen molar-refractivity contribution in [2.24, 2.45) is 0 Å². The van der Waals surface area contributed by atoms with Gasteiger partial charge in [-0.1, -0.05) is 0 Å². The molecule has 5 heteroatoms. The SMILES string of the molecule is O=C(NC1CC1)c1cc(CCl)c(F)cc1F. The van der Waals surface area contributed by atoms with Crippen molar-refractivity contribution in [3.05, 3.63) is 34.9 Å². The fourth-order valence-electron chi connectivity index (χ4n) is 1.36. The van der Waals surface area contributed by atoms with E-state index in [1.165, 1.54) is 0 Å². The van der Waals surface area contributed by atoms with E-state index in [0.29, 0.717) is 6.07 Å². The zero-order valence-corrected chi connectivity index (χ0v) is 9.15. The van der Waals surface area contributed by atoms with E-state index in [4.69, 9.17) is 11.6 Å². The topological polar surface area (TPSA) is 29.1 Å². The Morgan fingerprint density at radius 1 is 1.38 bits per heavy atom. The van der Waals surface area contributed by atoms with Crippen molar-refractivity contribution >= 4 is 17.5 Å². The van der Waals surface area contributed by atoms with Crippen LogP contribution in [0.1, 0.15) is 28.8 Å². The van der Waals surface area contributed by atoms with Crippen LogP contribution in [0.3, 0.4) is 0 Å². The fraction of sp³-hybridized carbons (Fsp3) is 0.364. The molecule has 0 saturated heterocycles. The Balaban J connectivity index is 2.27. The maximum Gasteiger partial charge on any atom is 0.254 e. The molecule has 0 bridgehead atoms. The summed E-state index contributed by atoms with van der Waals surface area (Å²) < 4.78 is 26.5. The average Bonchev–Trinajstić information content (AvgIpc) is 3.01. The van der Waals surface area contributed by atoms with E-state index in [2.05, 4.69) is 5.32 Å². The Morgan fingerprint density at radius 3 is 2.62 bits per heavy atom. The second-order valence-corrected chi connectivity index (χ2v) is 4.07. The van der Waals surface area contributed by atoms with Crippen molar-refractivity contribution in [1.82, 2.24) is 5.32 Å². The summed E-state index contributed by atoms with van der Waals surface area (Å²) in [6.45, 7) is 0. The van der Waals surface area contributed by atoms with Crippen molar-refractivity contribution in [1.29, 1.82) is 0 Å². The number of nitrogens with one attached hydrogen (secondary N) is 1. The van der Waals surface area contributed by atoms with Gasteiger partial charge < -0.3 is 5.32 Å². The molecule has 1 saturated carbocycles. The highest BCUT2D eigenvalue weighted by Gasteiger charge is 2.25. The minimum atomic E-state index is -0.857. The lowest BCUT2D eigenvalue weighted by molar-refractivity contribution is 0.0947. The third-order valence-electron chi connectivity index (χ3n) is 2.44. The third-order valence-corrected chi connectivity index (χ3v) is 2.73. The van der Waals surface area contributed by atoms with E-state index >= 15 is 0 Å². The highest BCUT2D eigenvalue weighted by Crippen LogP contribution is 2.21. The smallest absolute Gasteiger partial charge is 0.254 e. The van der Waals surface area contributed by atoms with Crippen LogP contribution in [0.2, 0.25) is 0 Å². The Morgan fingerprint density at radius 2 is 2.06 bits per heavy atom. The van der Waals surface area contributed by atoms with Gasteiger partial charge in [0.25, 0.3) is 5.91 Å². The van der Waals surface area contributed by atoms with Crippen molar-refractivity contribution < 1.29 is 13.6 Å². The molecule has 86 valence electrons. The molecule has 1 aromatic carbocycles. The molecule has 0 aliphatic heterocycles. The maximum absolute atomic E-state index is 13.3. The molecule has 0 radical (unpaired) electrons. The Hall–Kier alpha value is -1.16. The van der Waals surface area contributed by atoms with Crippen molar-refractivity contribution in [2.75, 3.05) is 0 Å². The molecule has 1 amide bonds. The molecule has 2 nitrogen and oxygen atoms in total. The minimum Gasteiger partial charge on any atom is -0.349 e. The maximum atomic E-state index is 13.3. The van der Waals surface area contributed by atoms with Crippen molar-refractivity contribution in [3.8, 4) is 0 Å². The Bertz CT molecular complexity index is 432. The first-order valence-corrected chi connectivity index (χ1v) is 5.50. The molecule has 0 atom stereocenters. The number of halogens is 3. The second kappa shape index (κ2) is 4.37. The summed E-state index contributed by atoms with van der Waals surface area (Å²) in [5, 5.41) is 2.64. The molecular weight excluding hydrogens is 236 g/mol. The van der Waals surface area contributed by atoms with E-state index in [0.717, 1.165) is 18.9 Å². The number of amides is 1. The lowest BCUT2D eigenvalue weighted by atomic mass is 10.1. The lowest BCUT2D eigenvalue weighted by Crippen LogP contribution is -2.26. The Labute approximate surface area is 96.6 Å². The summed E-state index contributed by atoms with van der Waals surface area (Å²) in [6, 6.07) is 1.99. The van der Waals surface area contributed by atoms with Gasteiger partial charge in [-0.25, -0.2) is 8.78 Å². The van der Waals surface area contributed by atoms with Crippen LogP contribution in [0.4, 0.5) is 8.78 Å². The quantitative estimate of drug-likeness (QED) is 0.815. The number of hydrogen-bond acceptors (Lipinski definition) is 1. The average molecular weight is 246 g/mol. The zero-order chi connectivity index (χ0) is 11.7.